The number of rotatable bonds is 13. The molecule has 0 radical (unpaired) electrons. The quantitative estimate of drug-likeness (QED) is 0.0867. The number of nitrogens with zero attached hydrogens (tertiary/aromatic N) is 1. The van der Waals surface area contributed by atoms with Crippen molar-refractivity contribution < 1.29 is 58.2 Å². The molecule has 0 saturated heterocycles. The topological polar surface area (TPSA) is 215 Å². The molecule has 0 saturated carbocycles. The van der Waals surface area contributed by atoms with E-state index in [4.69, 9.17) is 18.6 Å². The Hall–Kier alpha value is -4.11. The lowest BCUT2D eigenvalue weighted by molar-refractivity contribution is -0.170. The molecule has 6 atom stereocenters. The lowest BCUT2D eigenvalue weighted by Crippen LogP contribution is -2.53. The number of carbonyl (C=O) groups is 4. The molecule has 5 N–H and O–H groups in total. The highest BCUT2D eigenvalue weighted by atomic mass is 16.6. The highest BCUT2D eigenvalue weighted by Gasteiger charge is 2.41. The van der Waals surface area contributed by atoms with Gasteiger partial charge in [-0.1, -0.05) is 62.5 Å². The number of fused-ring (bicyclic) bond motifs is 2. The van der Waals surface area contributed by atoms with Gasteiger partial charge in [0.25, 0.3) is 0 Å². The number of aryl methyl sites for hydroxylation is 1. The molecule has 6 unspecified atom stereocenters. The van der Waals surface area contributed by atoms with Crippen LogP contribution in [0.1, 0.15) is 95.9 Å². The standard InChI is InChI=1S/C35H50N2O12/c1-5-6-7-8-9-13-30(42)46-20-19-25(39)16-18-28(41)33-34(49-35(45)36-24(4)38)32(44)27(40)17-15-22(2)21-29-37-26(23(3)47-29)12-10-11-14-31(43)48-33/h10-12,14,16,18,21,25,27-28,32-34,39-41,44H,5-9,13,15,17,19-20H2,1-4H3,(H,36,38,45). The molecule has 2 rings (SSSR count). The van der Waals surface area contributed by atoms with Crippen molar-refractivity contribution in [2.75, 3.05) is 6.61 Å². The number of aliphatic hydroxyl groups excluding tert-OH is 4. The summed E-state index contributed by atoms with van der Waals surface area (Å²) >= 11 is 0. The van der Waals surface area contributed by atoms with Crippen LogP contribution in [0.3, 0.4) is 0 Å². The average molecular weight is 691 g/mol. The van der Waals surface area contributed by atoms with Crippen molar-refractivity contribution in [2.45, 2.75) is 122 Å². The van der Waals surface area contributed by atoms with Crippen LogP contribution in [0.25, 0.3) is 12.2 Å². The fraction of sp³-hybridized carbons (Fsp3) is 0.571. The molecule has 1 aliphatic heterocycles. The number of cyclic esters (lactones) is 1. The summed E-state index contributed by atoms with van der Waals surface area (Å²) in [4.78, 5) is 53.2. The Morgan fingerprint density at radius 3 is 2.51 bits per heavy atom. The Morgan fingerprint density at radius 1 is 1.08 bits per heavy atom. The summed E-state index contributed by atoms with van der Waals surface area (Å²) in [5.74, 6) is -1.36. The van der Waals surface area contributed by atoms with Crippen molar-refractivity contribution >= 4 is 36.1 Å². The van der Waals surface area contributed by atoms with Crippen LogP contribution in [0.15, 0.2) is 40.4 Å². The minimum atomic E-state index is -1.92. The Kier molecular flexibility index (Phi) is 18.2. The molecule has 0 fully saturated rings. The number of amides is 2. The van der Waals surface area contributed by atoms with Crippen molar-refractivity contribution in [3.63, 3.8) is 0 Å². The Bertz CT molecular complexity index is 1350. The van der Waals surface area contributed by atoms with Crippen molar-refractivity contribution in [2.24, 2.45) is 0 Å². The summed E-state index contributed by atoms with van der Waals surface area (Å²) in [6.07, 6.45) is 3.08. The predicted molar refractivity (Wildman–Crippen MR) is 178 cm³/mol. The van der Waals surface area contributed by atoms with Gasteiger partial charge in [0.2, 0.25) is 11.8 Å². The van der Waals surface area contributed by atoms with Crippen molar-refractivity contribution in [3.05, 3.63) is 53.3 Å². The minimum Gasteiger partial charge on any atom is -0.466 e. The van der Waals surface area contributed by atoms with E-state index in [1.165, 1.54) is 12.2 Å². The van der Waals surface area contributed by atoms with Gasteiger partial charge in [0.15, 0.2) is 12.2 Å². The fourth-order valence-electron chi connectivity index (χ4n) is 4.79. The van der Waals surface area contributed by atoms with E-state index in [-0.39, 0.29) is 38.3 Å². The number of unbranched alkanes of at least 4 members (excludes halogenated alkanes) is 4. The molecule has 1 aromatic rings. The summed E-state index contributed by atoms with van der Waals surface area (Å²) in [5, 5.41) is 45.6. The molecular weight excluding hydrogens is 640 g/mol. The molecule has 2 heterocycles. The van der Waals surface area contributed by atoms with Crippen LogP contribution in [0.4, 0.5) is 4.79 Å². The molecule has 0 aromatic carbocycles. The molecule has 0 aliphatic carbocycles. The van der Waals surface area contributed by atoms with Gasteiger partial charge in [0.1, 0.15) is 23.7 Å². The van der Waals surface area contributed by atoms with Gasteiger partial charge in [-0.3, -0.25) is 14.9 Å². The van der Waals surface area contributed by atoms with Crippen LogP contribution >= 0.6 is 0 Å². The number of nitrogens with one attached hydrogen (secondary N) is 1. The molecular formula is C35H50N2O12. The highest BCUT2D eigenvalue weighted by molar-refractivity contribution is 5.90. The largest absolute Gasteiger partial charge is 0.466 e. The van der Waals surface area contributed by atoms with Crippen molar-refractivity contribution in [3.8, 4) is 0 Å². The SMILES string of the molecule is CCCCCCCC(=O)OCCC(O)C=CC(O)C1OC(=O)C=CC=Cc2nc(oc2C)C=C(C)CCC(O)C(O)C1OC(=O)NC(C)=O. The zero-order valence-corrected chi connectivity index (χ0v) is 28.6. The predicted octanol–water partition coefficient (Wildman–Crippen LogP) is 3.60. The fourth-order valence-corrected chi connectivity index (χ4v) is 4.79. The second-order valence-electron chi connectivity index (χ2n) is 11.9. The third-order valence-corrected chi connectivity index (χ3v) is 7.51. The van der Waals surface area contributed by atoms with Gasteiger partial charge in [0.05, 0.1) is 18.8 Å². The van der Waals surface area contributed by atoms with Gasteiger partial charge >= 0.3 is 18.0 Å². The van der Waals surface area contributed by atoms with E-state index in [2.05, 4.69) is 11.9 Å². The zero-order chi connectivity index (χ0) is 36.3. The smallest absolute Gasteiger partial charge is 0.414 e. The number of hydrogen-bond acceptors (Lipinski definition) is 13. The number of ether oxygens (including phenoxy) is 3. The number of carbonyl (C=O) groups excluding carboxylic acids is 4. The van der Waals surface area contributed by atoms with E-state index in [1.54, 1.807) is 26.0 Å². The molecule has 14 heteroatoms. The Balaban J connectivity index is 2.28. The first-order valence-electron chi connectivity index (χ1n) is 16.5. The molecule has 2 amide bonds. The van der Waals surface area contributed by atoms with Crippen LogP contribution in [0.5, 0.6) is 0 Å². The summed E-state index contributed by atoms with van der Waals surface area (Å²) in [6, 6.07) is 0. The number of aromatic nitrogens is 1. The maximum absolute atomic E-state index is 12.9. The molecule has 1 aliphatic rings. The van der Waals surface area contributed by atoms with Crippen molar-refractivity contribution in [1.82, 2.24) is 10.3 Å². The van der Waals surface area contributed by atoms with Crippen molar-refractivity contribution in [1.29, 1.82) is 0 Å². The number of oxazole rings is 1. The third-order valence-electron chi connectivity index (χ3n) is 7.51. The van der Waals surface area contributed by atoms with Gasteiger partial charge in [-0.2, -0.15) is 0 Å². The van der Waals surface area contributed by atoms with Gasteiger partial charge in [-0.15, -0.1) is 0 Å². The molecule has 49 heavy (non-hydrogen) atoms. The van der Waals surface area contributed by atoms with E-state index < -0.39 is 54.6 Å². The maximum Gasteiger partial charge on any atom is 0.414 e. The second-order valence-corrected chi connectivity index (χ2v) is 11.9. The monoisotopic (exact) mass is 690 g/mol. The number of hydrogen-bond donors (Lipinski definition) is 5. The first-order valence-corrected chi connectivity index (χ1v) is 16.5. The Morgan fingerprint density at radius 2 is 1.80 bits per heavy atom. The number of allylic oxidation sites excluding steroid dienone is 3. The lowest BCUT2D eigenvalue weighted by Gasteiger charge is -2.33. The van der Waals surface area contributed by atoms with Gasteiger partial charge in [-0.05, 0) is 45.3 Å². The Labute approximate surface area is 286 Å². The molecule has 1 aromatic heterocycles. The van der Waals surface area contributed by atoms with E-state index in [9.17, 15) is 39.6 Å². The van der Waals surface area contributed by atoms with Crippen LogP contribution in [0.2, 0.25) is 0 Å². The number of alkyl carbamates (subject to hydrolysis) is 1. The van der Waals surface area contributed by atoms with Crippen LogP contribution in [0, 0.1) is 6.92 Å². The summed E-state index contributed by atoms with van der Waals surface area (Å²) in [7, 11) is 0. The lowest BCUT2D eigenvalue weighted by atomic mass is 9.94. The minimum absolute atomic E-state index is 0.00808. The molecule has 272 valence electrons. The maximum atomic E-state index is 12.9. The van der Waals surface area contributed by atoms with E-state index in [0.29, 0.717) is 23.8 Å². The average Bonchev–Trinajstić information content (AvgIpc) is 3.39. The summed E-state index contributed by atoms with van der Waals surface area (Å²) in [6.45, 7) is 6.54. The first-order chi connectivity index (χ1) is 23.3. The summed E-state index contributed by atoms with van der Waals surface area (Å²) < 4.78 is 21.5. The van der Waals surface area contributed by atoms with Gasteiger partial charge in [-0.25, -0.2) is 14.6 Å². The normalized spacial score (nSPS) is 21.7. The highest BCUT2D eigenvalue weighted by Crippen LogP contribution is 2.23. The molecule has 14 nitrogen and oxygen atoms in total. The van der Waals surface area contributed by atoms with Crippen LogP contribution in [-0.4, -0.2) is 92.6 Å². The number of aliphatic hydroxyl groups is 4. The van der Waals surface area contributed by atoms with E-state index >= 15 is 0 Å². The number of esters is 2. The molecule has 0 spiro atoms. The van der Waals surface area contributed by atoms with E-state index in [1.807, 2.05) is 5.32 Å². The summed E-state index contributed by atoms with van der Waals surface area (Å²) in [5.41, 5.74) is 1.24. The van der Waals surface area contributed by atoms with Crippen LogP contribution in [-0.2, 0) is 28.6 Å². The van der Waals surface area contributed by atoms with Crippen LogP contribution < -0.4 is 5.32 Å². The van der Waals surface area contributed by atoms with Gasteiger partial charge in [0, 0.05) is 25.8 Å². The number of imide groups is 1. The first kappa shape index (κ1) is 41.1. The van der Waals surface area contributed by atoms with Gasteiger partial charge < -0.3 is 39.1 Å². The molecule has 2 bridgehead atoms. The second kappa shape index (κ2) is 21.8. The third kappa shape index (κ3) is 15.8. The van der Waals surface area contributed by atoms with E-state index in [0.717, 1.165) is 56.4 Å². The zero-order valence-electron chi connectivity index (χ0n) is 28.6.